The molecule has 1 aliphatic heterocycles. The maximum atomic E-state index is 13.0. The van der Waals surface area contributed by atoms with Crippen LogP contribution in [0.5, 0.6) is 17.2 Å². The summed E-state index contributed by atoms with van der Waals surface area (Å²) in [6.07, 6.45) is 1.83. The fraction of sp³-hybridized carbons (Fsp3) is 0.241. The Morgan fingerprint density at radius 1 is 0.865 bits per heavy atom. The van der Waals surface area contributed by atoms with Gasteiger partial charge in [-0.05, 0) is 61.9 Å². The molecule has 0 bridgehead atoms. The average molecular weight is 536 g/mol. The predicted molar refractivity (Wildman–Crippen MR) is 153 cm³/mol. The highest BCUT2D eigenvalue weighted by Gasteiger charge is 2.33. The third kappa shape index (κ3) is 7.35. The third-order valence-corrected chi connectivity index (χ3v) is 6.68. The summed E-state index contributed by atoms with van der Waals surface area (Å²) >= 11 is 6.75. The molecule has 6 nitrogen and oxygen atoms in total. The van der Waals surface area contributed by atoms with Crippen LogP contribution in [0, 0.1) is 6.92 Å². The number of benzene rings is 3. The fourth-order valence-electron chi connectivity index (χ4n) is 3.59. The first kappa shape index (κ1) is 26.7. The number of rotatable bonds is 12. The molecule has 0 spiro atoms. The lowest BCUT2D eigenvalue weighted by Crippen LogP contribution is -2.27. The third-order valence-electron chi connectivity index (χ3n) is 5.38. The summed E-state index contributed by atoms with van der Waals surface area (Å²) in [4.78, 5) is 15.1. The number of carbonyl (C=O) groups excluding carboxylic acids is 1. The van der Waals surface area contributed by atoms with Crippen LogP contribution in [0.2, 0.25) is 0 Å². The van der Waals surface area contributed by atoms with E-state index < -0.39 is 0 Å². The number of carbonyl (C=O) groups is 1. The summed E-state index contributed by atoms with van der Waals surface area (Å²) in [5.74, 6) is 1.92. The first-order chi connectivity index (χ1) is 18.0. The molecule has 0 aromatic heterocycles. The van der Waals surface area contributed by atoms with Gasteiger partial charge in [0, 0.05) is 0 Å². The lowest BCUT2D eigenvalue weighted by atomic mass is 10.1. The van der Waals surface area contributed by atoms with Gasteiger partial charge in [0.2, 0.25) is 0 Å². The van der Waals surface area contributed by atoms with Gasteiger partial charge in [0.25, 0.3) is 5.91 Å². The molecule has 1 saturated heterocycles. The number of hydrogen-bond acceptors (Lipinski definition) is 7. The van der Waals surface area contributed by atoms with Crippen LogP contribution in [0.25, 0.3) is 6.08 Å². The summed E-state index contributed by atoms with van der Waals surface area (Å²) in [5, 5.41) is 0. The fourth-order valence-corrected chi connectivity index (χ4v) is 4.89. The van der Waals surface area contributed by atoms with Gasteiger partial charge in [-0.3, -0.25) is 9.69 Å². The summed E-state index contributed by atoms with van der Waals surface area (Å²) in [5.41, 5.74) is 2.78. The highest BCUT2D eigenvalue weighted by Crippen LogP contribution is 2.37. The van der Waals surface area contributed by atoms with Crippen LogP contribution in [0.3, 0.4) is 0 Å². The van der Waals surface area contributed by atoms with E-state index in [2.05, 4.69) is 0 Å². The van der Waals surface area contributed by atoms with Crippen molar-refractivity contribution < 1.29 is 23.7 Å². The van der Waals surface area contributed by atoms with Gasteiger partial charge in [0.15, 0.2) is 15.8 Å². The molecule has 3 aromatic carbocycles. The Morgan fingerprint density at radius 2 is 1.59 bits per heavy atom. The zero-order valence-corrected chi connectivity index (χ0v) is 22.5. The molecule has 0 aliphatic carbocycles. The molecule has 3 aromatic rings. The minimum Gasteiger partial charge on any atom is -0.491 e. The van der Waals surface area contributed by atoms with Gasteiger partial charge in [-0.15, -0.1) is 0 Å². The molecule has 4 rings (SSSR count). The second kappa shape index (κ2) is 13.3. The van der Waals surface area contributed by atoms with E-state index in [0.29, 0.717) is 53.8 Å². The van der Waals surface area contributed by atoms with E-state index in [0.717, 1.165) is 17.0 Å². The standard InChI is InChI=1S/C29H29NO5S2/c1-3-33-26-19-22(20-27-28(31)30(29(36)37-27)23-7-5-4-6-8-23)11-14-25(26)35-18-16-32-15-17-34-24-12-9-21(2)10-13-24/h4-14,19-20H,3,15-18H2,1-2H3/b27-20+. The number of thioether (sulfide) groups is 1. The van der Waals surface area contributed by atoms with Crippen molar-refractivity contribution in [2.24, 2.45) is 0 Å². The number of thiocarbonyl (C=S) groups is 1. The van der Waals surface area contributed by atoms with Crippen molar-refractivity contribution in [2.45, 2.75) is 13.8 Å². The highest BCUT2D eigenvalue weighted by atomic mass is 32.2. The predicted octanol–water partition coefficient (Wildman–Crippen LogP) is 6.27. The first-order valence-electron chi connectivity index (χ1n) is 12.0. The van der Waals surface area contributed by atoms with E-state index in [1.165, 1.54) is 17.3 Å². The van der Waals surface area contributed by atoms with Crippen molar-refractivity contribution in [3.63, 3.8) is 0 Å². The van der Waals surface area contributed by atoms with Crippen molar-refractivity contribution in [3.05, 3.63) is 88.8 Å². The van der Waals surface area contributed by atoms with Crippen molar-refractivity contribution >= 4 is 46.0 Å². The van der Waals surface area contributed by atoms with E-state index >= 15 is 0 Å². The molecule has 0 atom stereocenters. The zero-order chi connectivity index (χ0) is 26.0. The van der Waals surface area contributed by atoms with Gasteiger partial charge in [-0.2, -0.15) is 0 Å². The van der Waals surface area contributed by atoms with Crippen molar-refractivity contribution in [1.82, 2.24) is 0 Å². The number of aryl methyl sites for hydroxylation is 1. The summed E-state index contributed by atoms with van der Waals surface area (Å²) < 4.78 is 23.5. The van der Waals surface area contributed by atoms with E-state index in [1.54, 1.807) is 4.90 Å². The van der Waals surface area contributed by atoms with E-state index in [1.807, 2.05) is 92.7 Å². The van der Waals surface area contributed by atoms with E-state index in [4.69, 9.17) is 31.2 Å². The second-order valence-corrected chi connectivity index (χ2v) is 9.79. The molecule has 1 heterocycles. The summed E-state index contributed by atoms with van der Waals surface area (Å²) in [7, 11) is 0. The van der Waals surface area contributed by atoms with Gasteiger partial charge in [0.1, 0.15) is 19.0 Å². The van der Waals surface area contributed by atoms with Crippen LogP contribution in [-0.4, -0.2) is 43.3 Å². The maximum absolute atomic E-state index is 13.0. The first-order valence-corrected chi connectivity index (χ1v) is 13.3. The van der Waals surface area contributed by atoms with Crippen molar-refractivity contribution in [1.29, 1.82) is 0 Å². The summed E-state index contributed by atoms with van der Waals surface area (Å²) in [6.45, 7) is 6.18. The summed E-state index contributed by atoms with van der Waals surface area (Å²) in [6, 6.07) is 22.9. The molecule has 8 heteroatoms. The van der Waals surface area contributed by atoms with Crippen LogP contribution >= 0.6 is 24.0 Å². The molecule has 1 fully saturated rings. The number of para-hydroxylation sites is 1. The Morgan fingerprint density at radius 3 is 2.32 bits per heavy atom. The second-order valence-electron chi connectivity index (χ2n) is 8.11. The number of hydrogen-bond donors (Lipinski definition) is 0. The SMILES string of the molecule is CCOc1cc(/C=C2/SC(=S)N(c3ccccc3)C2=O)ccc1OCCOCCOc1ccc(C)cc1. The highest BCUT2D eigenvalue weighted by molar-refractivity contribution is 8.27. The van der Waals surface area contributed by atoms with Gasteiger partial charge in [-0.25, -0.2) is 0 Å². The molecule has 0 saturated carbocycles. The van der Waals surface area contributed by atoms with Gasteiger partial charge >= 0.3 is 0 Å². The number of amides is 1. The van der Waals surface area contributed by atoms with Crippen LogP contribution in [-0.2, 0) is 9.53 Å². The molecule has 0 radical (unpaired) electrons. The minimum atomic E-state index is -0.136. The Kier molecular flexibility index (Phi) is 9.59. The van der Waals surface area contributed by atoms with Gasteiger partial charge in [0.05, 0.1) is 30.4 Å². The Hall–Kier alpha value is -3.33. The zero-order valence-electron chi connectivity index (χ0n) is 20.8. The molecule has 37 heavy (non-hydrogen) atoms. The van der Waals surface area contributed by atoms with E-state index in [9.17, 15) is 4.79 Å². The van der Waals surface area contributed by atoms with Crippen molar-refractivity contribution in [3.8, 4) is 17.2 Å². The number of anilines is 1. The largest absolute Gasteiger partial charge is 0.491 e. The lowest BCUT2D eigenvalue weighted by Gasteiger charge is -2.14. The Bertz CT molecular complexity index is 1240. The smallest absolute Gasteiger partial charge is 0.270 e. The Labute approximate surface area is 227 Å². The molecule has 0 N–H and O–H groups in total. The molecule has 1 aliphatic rings. The maximum Gasteiger partial charge on any atom is 0.270 e. The Balaban J connectivity index is 1.30. The van der Waals surface area contributed by atoms with E-state index in [-0.39, 0.29) is 5.91 Å². The molecule has 1 amide bonds. The molecular formula is C29H29NO5S2. The molecular weight excluding hydrogens is 506 g/mol. The monoisotopic (exact) mass is 535 g/mol. The normalized spacial score (nSPS) is 14.3. The quantitative estimate of drug-likeness (QED) is 0.154. The molecule has 0 unspecified atom stereocenters. The van der Waals surface area contributed by atoms with Crippen LogP contribution in [0.4, 0.5) is 5.69 Å². The lowest BCUT2D eigenvalue weighted by molar-refractivity contribution is -0.113. The van der Waals surface area contributed by atoms with Crippen LogP contribution < -0.4 is 19.1 Å². The van der Waals surface area contributed by atoms with Gasteiger partial charge < -0.3 is 18.9 Å². The van der Waals surface area contributed by atoms with Crippen molar-refractivity contribution in [2.75, 3.05) is 37.9 Å². The topological polar surface area (TPSA) is 57.2 Å². The number of nitrogens with zero attached hydrogens (tertiary/aromatic N) is 1. The van der Waals surface area contributed by atoms with Gasteiger partial charge in [-0.1, -0.05) is 65.9 Å². The van der Waals surface area contributed by atoms with Crippen LogP contribution in [0.1, 0.15) is 18.1 Å². The molecule has 192 valence electrons. The minimum absolute atomic E-state index is 0.136. The average Bonchev–Trinajstić information content (AvgIpc) is 3.18. The number of ether oxygens (including phenoxy) is 4. The van der Waals surface area contributed by atoms with Crippen LogP contribution in [0.15, 0.2) is 77.7 Å².